The fourth-order valence-electron chi connectivity index (χ4n) is 5.39. The van der Waals surface area contributed by atoms with Gasteiger partial charge in [-0.2, -0.15) is 14.0 Å². The second-order valence-electron chi connectivity index (χ2n) is 9.37. The van der Waals surface area contributed by atoms with Crippen molar-refractivity contribution in [2.75, 3.05) is 4.90 Å². The highest BCUT2D eigenvalue weighted by atomic mass is 19.3. The van der Waals surface area contributed by atoms with E-state index < -0.39 is 6.61 Å². The van der Waals surface area contributed by atoms with Gasteiger partial charge < -0.3 is 14.0 Å². The van der Waals surface area contributed by atoms with Gasteiger partial charge >= 0.3 is 6.61 Å². The summed E-state index contributed by atoms with van der Waals surface area (Å²) in [5.41, 5.74) is 2.29. The highest BCUT2D eigenvalue weighted by Crippen LogP contribution is 2.42. The molecular formula is C28H23F2N5O3. The van der Waals surface area contributed by atoms with Gasteiger partial charge in [0, 0.05) is 23.9 Å². The summed E-state index contributed by atoms with van der Waals surface area (Å²) in [5, 5.41) is 9.41. The molecule has 10 heteroatoms. The zero-order valence-electron chi connectivity index (χ0n) is 20.3. The van der Waals surface area contributed by atoms with E-state index in [1.54, 1.807) is 59.6 Å². The van der Waals surface area contributed by atoms with Crippen LogP contribution in [-0.2, 0) is 17.9 Å². The number of hydrogen-bond acceptors (Lipinski definition) is 6. The number of rotatable bonds is 8. The van der Waals surface area contributed by atoms with Gasteiger partial charge in [0.25, 0.3) is 0 Å². The molecule has 1 aliphatic carbocycles. The summed E-state index contributed by atoms with van der Waals surface area (Å²) in [4.78, 5) is 23.4. The Morgan fingerprint density at radius 2 is 2.00 bits per heavy atom. The minimum atomic E-state index is -2.96. The Kier molecular flexibility index (Phi) is 6.12. The number of imidazole rings is 1. The highest BCUT2D eigenvalue weighted by molar-refractivity contribution is 6.02. The molecule has 1 saturated carbocycles. The first-order valence-electron chi connectivity index (χ1n) is 12.4. The first kappa shape index (κ1) is 23.9. The zero-order valence-corrected chi connectivity index (χ0v) is 20.3. The molecule has 2 atom stereocenters. The van der Waals surface area contributed by atoms with Crippen molar-refractivity contribution in [2.24, 2.45) is 5.92 Å². The summed E-state index contributed by atoms with van der Waals surface area (Å²) >= 11 is 0. The summed E-state index contributed by atoms with van der Waals surface area (Å²) in [6.07, 6.45) is 4.57. The Labute approximate surface area is 217 Å². The van der Waals surface area contributed by atoms with E-state index in [0.717, 1.165) is 19.3 Å². The molecule has 6 rings (SSSR count). The summed E-state index contributed by atoms with van der Waals surface area (Å²) in [5.74, 6) is 1.92. The van der Waals surface area contributed by atoms with Crippen LogP contribution < -0.4 is 14.4 Å². The number of para-hydroxylation sites is 1. The van der Waals surface area contributed by atoms with Crippen molar-refractivity contribution < 1.29 is 23.0 Å². The van der Waals surface area contributed by atoms with Crippen LogP contribution in [0.25, 0.3) is 11.0 Å². The van der Waals surface area contributed by atoms with Gasteiger partial charge in [-0.05, 0) is 43.2 Å². The van der Waals surface area contributed by atoms with Gasteiger partial charge in [-0.3, -0.25) is 9.69 Å². The smallest absolute Gasteiger partial charge is 0.387 e. The number of benzene rings is 2. The number of ether oxygens (including phenoxy) is 2. The van der Waals surface area contributed by atoms with E-state index in [0.29, 0.717) is 39.6 Å². The monoisotopic (exact) mass is 515 g/mol. The van der Waals surface area contributed by atoms with E-state index in [9.17, 15) is 18.8 Å². The number of fused-ring (bicyclic) bond motifs is 2. The number of nitrogens with zero attached hydrogens (tertiary/aromatic N) is 5. The van der Waals surface area contributed by atoms with Crippen molar-refractivity contribution in [3.63, 3.8) is 0 Å². The maximum absolute atomic E-state index is 13.0. The van der Waals surface area contributed by atoms with Gasteiger partial charge in [0.1, 0.15) is 29.7 Å². The SMILES string of the molecule is N#Cc1ccc2nc(COc3ccnc(N4C(=O)C5CCCC54)c3)n(Cc3ccccc3OC(F)F)c2c1. The average molecular weight is 516 g/mol. The molecule has 38 heavy (non-hydrogen) atoms. The molecule has 2 fully saturated rings. The third kappa shape index (κ3) is 4.30. The summed E-state index contributed by atoms with van der Waals surface area (Å²) in [7, 11) is 0. The average Bonchev–Trinajstić information content (AvgIpc) is 3.49. The number of alkyl halides is 2. The second kappa shape index (κ2) is 9.74. The van der Waals surface area contributed by atoms with E-state index in [1.807, 2.05) is 4.57 Å². The molecule has 3 heterocycles. The molecule has 8 nitrogen and oxygen atoms in total. The molecule has 192 valence electrons. The van der Waals surface area contributed by atoms with Crippen molar-refractivity contribution in [1.29, 1.82) is 5.26 Å². The number of anilines is 1. The van der Waals surface area contributed by atoms with Crippen LogP contribution in [0.4, 0.5) is 14.6 Å². The number of carbonyl (C=O) groups excluding carboxylic acids is 1. The number of pyridine rings is 1. The molecule has 1 saturated heterocycles. The highest BCUT2D eigenvalue weighted by Gasteiger charge is 2.50. The number of nitriles is 1. The maximum atomic E-state index is 13.0. The Hall–Kier alpha value is -4.52. The number of halogens is 2. The van der Waals surface area contributed by atoms with Crippen LogP contribution in [0.1, 0.15) is 36.2 Å². The van der Waals surface area contributed by atoms with Crippen LogP contribution in [0.15, 0.2) is 60.8 Å². The predicted molar refractivity (Wildman–Crippen MR) is 134 cm³/mol. The van der Waals surface area contributed by atoms with Crippen molar-refractivity contribution in [3.05, 3.63) is 77.7 Å². The topological polar surface area (TPSA) is 93.3 Å². The molecule has 4 aromatic rings. The molecule has 2 aromatic carbocycles. The van der Waals surface area contributed by atoms with E-state index in [2.05, 4.69) is 16.0 Å². The minimum Gasteiger partial charge on any atom is -0.485 e. The molecule has 2 aliphatic rings. The zero-order chi connectivity index (χ0) is 26.2. The molecule has 2 unspecified atom stereocenters. The Bertz CT molecular complexity index is 1560. The molecule has 1 aliphatic heterocycles. The number of aromatic nitrogens is 3. The number of hydrogen-bond donors (Lipinski definition) is 0. The van der Waals surface area contributed by atoms with Crippen LogP contribution in [0.2, 0.25) is 0 Å². The normalized spacial score (nSPS) is 18.4. The first-order valence-corrected chi connectivity index (χ1v) is 12.4. The van der Waals surface area contributed by atoms with Crippen LogP contribution in [0.5, 0.6) is 11.5 Å². The fraction of sp³-hybridized carbons (Fsp3) is 0.286. The summed E-state index contributed by atoms with van der Waals surface area (Å²) in [6, 6.07) is 17.5. The molecule has 0 bridgehead atoms. The standard InChI is InChI=1S/C28H23F2N5O3/c29-28(30)38-24-7-2-1-4-18(24)15-34-23-12-17(14-31)8-9-21(23)33-26(34)16-37-19-10-11-32-25(13-19)35-22-6-3-5-20(22)27(35)36/h1-2,4,7-13,20,22,28H,3,5-6,15-16H2. The van der Waals surface area contributed by atoms with Crippen molar-refractivity contribution in [2.45, 2.75) is 45.1 Å². The molecule has 0 spiro atoms. The molecule has 0 radical (unpaired) electrons. The van der Waals surface area contributed by atoms with E-state index >= 15 is 0 Å². The van der Waals surface area contributed by atoms with Gasteiger partial charge in [0.2, 0.25) is 5.91 Å². The molecule has 0 N–H and O–H groups in total. The number of amides is 1. The molecule has 1 amide bonds. The lowest BCUT2D eigenvalue weighted by Crippen LogP contribution is -2.58. The lowest BCUT2D eigenvalue weighted by Gasteiger charge is -2.42. The third-order valence-corrected chi connectivity index (χ3v) is 7.17. The number of β-lactam (4-membered cyclic amide) rings is 1. The quantitative estimate of drug-likeness (QED) is 0.305. The molecular weight excluding hydrogens is 492 g/mol. The van der Waals surface area contributed by atoms with E-state index in [1.165, 1.54) is 6.07 Å². The van der Waals surface area contributed by atoms with Gasteiger partial charge in [-0.1, -0.05) is 24.6 Å². The van der Waals surface area contributed by atoms with Crippen LogP contribution in [-0.4, -0.2) is 33.1 Å². The maximum Gasteiger partial charge on any atom is 0.387 e. The van der Waals surface area contributed by atoms with E-state index in [4.69, 9.17) is 9.47 Å². The second-order valence-corrected chi connectivity index (χ2v) is 9.37. The lowest BCUT2D eigenvalue weighted by atomic mass is 9.91. The number of carbonyl (C=O) groups is 1. The Balaban J connectivity index is 1.29. The van der Waals surface area contributed by atoms with Gasteiger partial charge in [-0.25, -0.2) is 9.97 Å². The predicted octanol–water partition coefficient (Wildman–Crippen LogP) is 5.05. The van der Waals surface area contributed by atoms with Crippen molar-refractivity contribution in [3.8, 4) is 17.6 Å². The van der Waals surface area contributed by atoms with Crippen LogP contribution in [0, 0.1) is 17.2 Å². The van der Waals surface area contributed by atoms with Gasteiger partial charge in [0.15, 0.2) is 0 Å². The minimum absolute atomic E-state index is 0.0656. The van der Waals surface area contributed by atoms with Crippen LogP contribution in [0.3, 0.4) is 0 Å². The van der Waals surface area contributed by atoms with Crippen molar-refractivity contribution >= 4 is 22.8 Å². The third-order valence-electron chi connectivity index (χ3n) is 7.17. The summed E-state index contributed by atoms with van der Waals surface area (Å²) < 4.78 is 38.6. The lowest BCUT2D eigenvalue weighted by molar-refractivity contribution is -0.129. The Morgan fingerprint density at radius 1 is 1.13 bits per heavy atom. The fourth-order valence-corrected chi connectivity index (χ4v) is 5.39. The van der Waals surface area contributed by atoms with Crippen LogP contribution >= 0.6 is 0 Å². The first-order chi connectivity index (χ1) is 18.5. The van der Waals surface area contributed by atoms with Crippen molar-refractivity contribution in [1.82, 2.24) is 14.5 Å². The van der Waals surface area contributed by atoms with E-state index in [-0.39, 0.29) is 36.8 Å². The van der Waals surface area contributed by atoms with Gasteiger partial charge in [0.05, 0.1) is 35.1 Å². The summed E-state index contributed by atoms with van der Waals surface area (Å²) in [6.45, 7) is -2.71. The van der Waals surface area contributed by atoms with Gasteiger partial charge in [-0.15, -0.1) is 0 Å². The Morgan fingerprint density at radius 3 is 2.84 bits per heavy atom. The largest absolute Gasteiger partial charge is 0.485 e. The molecule has 2 aromatic heterocycles.